The van der Waals surface area contributed by atoms with E-state index in [4.69, 9.17) is 34.4 Å². The third-order valence-corrected chi connectivity index (χ3v) is 8.73. The van der Waals surface area contributed by atoms with Gasteiger partial charge in [0.25, 0.3) is 0 Å². The number of aromatic nitrogens is 3. The Bertz CT molecular complexity index is 3750. The van der Waals surface area contributed by atoms with Crippen molar-refractivity contribution in [2.24, 2.45) is 0 Å². The summed E-state index contributed by atoms with van der Waals surface area (Å²) in [6.45, 7) is 0. The van der Waals surface area contributed by atoms with Crippen molar-refractivity contribution in [2.45, 2.75) is 0 Å². The average molecular weight is 709 g/mol. The van der Waals surface area contributed by atoms with Crippen molar-refractivity contribution >= 4 is 49.8 Å². The molecule has 0 saturated heterocycles. The van der Waals surface area contributed by atoms with E-state index in [-0.39, 0.29) is 11.1 Å². The smallest absolute Gasteiger partial charge is 0.164 e. The summed E-state index contributed by atoms with van der Waals surface area (Å²) in [4.78, 5) is 15.0. The molecule has 0 aliphatic carbocycles. The second-order valence-corrected chi connectivity index (χ2v) is 12.1. The summed E-state index contributed by atoms with van der Waals surface area (Å²) in [5.74, 6) is 1.32. The number of hydrogen-bond acceptors (Lipinski definition) is 5. The van der Waals surface area contributed by atoms with Crippen LogP contribution in [0.3, 0.4) is 0 Å². The minimum absolute atomic E-state index is 0.180. The van der Waals surface area contributed by atoms with E-state index in [2.05, 4.69) is 0 Å². The molecule has 0 N–H and O–H groups in total. The molecule has 0 aliphatic rings. The first kappa shape index (κ1) is 18.9. The van der Waals surface area contributed by atoms with E-state index in [0.29, 0.717) is 49.9 Å². The van der Waals surface area contributed by atoms with Crippen molar-refractivity contribution in [1.82, 2.24) is 15.0 Å². The fourth-order valence-corrected chi connectivity index (χ4v) is 6.15. The molecule has 2 aromatic heterocycles. The zero-order chi connectivity index (χ0) is 49.8. The lowest BCUT2D eigenvalue weighted by Gasteiger charge is -2.26. The Kier molecular flexibility index (Phi) is 4.66. The van der Waals surface area contributed by atoms with E-state index < -0.39 is 125 Å². The third-order valence-electron chi connectivity index (χ3n) is 8.73. The van der Waals surface area contributed by atoms with E-state index in [1.54, 1.807) is 24.3 Å². The zero-order valence-electron chi connectivity index (χ0n) is 43.9. The molecule has 54 heavy (non-hydrogen) atoms. The molecule has 0 unspecified atom stereocenters. The molecule has 2 heterocycles. The standard InChI is InChI=1S/C49H32N4O/c1-4-13-35(14-5-1)47-50-48(36-15-6-2-7-16-36)52-49(51-47)39-24-29-44-43-28-23-38(31-45(43)54-46(44)32-39)34-20-25-41(26-21-34)53(40-18-8-3-9-19-40)42-27-22-33-12-10-11-17-37(33)30-42/h1-32H/i3D,8D,9D,10D,11D,12D,17D,18D,19D,20D,21D,22D,25D,26D,27D,30D. The Hall–Kier alpha value is -7.37. The number of hydrogen-bond donors (Lipinski definition) is 0. The predicted molar refractivity (Wildman–Crippen MR) is 221 cm³/mol. The van der Waals surface area contributed by atoms with Gasteiger partial charge in [0, 0.05) is 44.5 Å². The SMILES string of the molecule is [2H]c1c([2H])c([2H])c(N(c2c([2H])c([2H])c(-c3ccc4c(c3)oc3cc(-c5nc(-c6ccccc6)nc(-c6ccccc6)n5)ccc34)c([2H])c2[2H])c2c([2H])c([2H])c3c([2H])c([2H])c([2H])c([2H])c3c2[2H])c([2H])c1[2H]. The lowest BCUT2D eigenvalue weighted by molar-refractivity contribution is 0.669. The minimum atomic E-state index is -0.922. The molecule has 5 nitrogen and oxygen atoms in total. The van der Waals surface area contributed by atoms with E-state index in [9.17, 15) is 6.85 Å². The summed E-state index contributed by atoms with van der Waals surface area (Å²) in [6.07, 6.45) is 0. The monoisotopic (exact) mass is 708 g/mol. The molecule has 0 atom stereocenters. The van der Waals surface area contributed by atoms with E-state index in [0.717, 1.165) is 11.1 Å². The van der Waals surface area contributed by atoms with Gasteiger partial charge in [-0.2, -0.15) is 0 Å². The fraction of sp³-hybridized carbons (Fsp3) is 0. The normalized spacial score (nSPS) is 15.5. The number of nitrogens with zero attached hydrogens (tertiary/aromatic N) is 4. The van der Waals surface area contributed by atoms with E-state index in [1.807, 2.05) is 72.8 Å². The van der Waals surface area contributed by atoms with Gasteiger partial charge in [-0.05, 0) is 82.4 Å². The van der Waals surface area contributed by atoms with Crippen LogP contribution < -0.4 is 4.90 Å². The Morgan fingerprint density at radius 3 is 1.57 bits per heavy atom. The minimum Gasteiger partial charge on any atom is -0.456 e. The van der Waals surface area contributed by atoms with Gasteiger partial charge in [-0.25, -0.2) is 15.0 Å². The van der Waals surface area contributed by atoms with Crippen molar-refractivity contribution < 1.29 is 26.3 Å². The number of fused-ring (bicyclic) bond motifs is 4. The van der Waals surface area contributed by atoms with Crippen LogP contribution >= 0.6 is 0 Å². The van der Waals surface area contributed by atoms with Crippen LogP contribution in [0.1, 0.15) is 21.9 Å². The lowest BCUT2D eigenvalue weighted by atomic mass is 10.0. The Morgan fingerprint density at radius 1 is 0.407 bits per heavy atom. The number of para-hydroxylation sites is 1. The summed E-state index contributed by atoms with van der Waals surface area (Å²) >= 11 is 0. The summed E-state index contributed by atoms with van der Waals surface area (Å²) in [5, 5.41) is 0.306. The maximum absolute atomic E-state index is 9.42. The summed E-state index contributed by atoms with van der Waals surface area (Å²) in [6, 6.07) is 16.2. The summed E-state index contributed by atoms with van der Waals surface area (Å²) in [5.41, 5.74) is 0.583. The lowest BCUT2D eigenvalue weighted by Crippen LogP contribution is -2.09. The first-order valence-corrected chi connectivity index (χ1v) is 16.7. The van der Waals surface area contributed by atoms with Gasteiger partial charge in [0.15, 0.2) is 17.5 Å². The van der Waals surface area contributed by atoms with Gasteiger partial charge in [-0.3, -0.25) is 0 Å². The Labute approximate surface area is 335 Å². The highest BCUT2D eigenvalue weighted by Gasteiger charge is 2.16. The van der Waals surface area contributed by atoms with Crippen molar-refractivity contribution in [3.8, 4) is 45.3 Å². The fourth-order valence-electron chi connectivity index (χ4n) is 6.15. The quantitative estimate of drug-likeness (QED) is 0.165. The maximum atomic E-state index is 9.42. The molecule has 5 heteroatoms. The molecule has 10 rings (SSSR count). The number of furan rings is 1. The molecular formula is C49H32N4O. The van der Waals surface area contributed by atoms with E-state index in [1.165, 1.54) is 0 Å². The molecule has 0 radical (unpaired) electrons. The van der Waals surface area contributed by atoms with Crippen LogP contribution in [0.2, 0.25) is 0 Å². The zero-order valence-corrected chi connectivity index (χ0v) is 27.9. The summed E-state index contributed by atoms with van der Waals surface area (Å²) in [7, 11) is 0. The van der Waals surface area contributed by atoms with Crippen LogP contribution in [0.15, 0.2) is 198 Å². The number of rotatable bonds is 7. The average Bonchev–Trinajstić information content (AvgIpc) is 3.74. The first-order valence-electron chi connectivity index (χ1n) is 24.7. The predicted octanol–water partition coefficient (Wildman–Crippen LogP) is 13.1. The molecule has 0 saturated carbocycles. The third kappa shape index (κ3) is 5.84. The Balaban J connectivity index is 1.15. The van der Waals surface area contributed by atoms with Gasteiger partial charge in [-0.1, -0.05) is 133 Å². The van der Waals surface area contributed by atoms with Crippen LogP contribution in [0.5, 0.6) is 0 Å². The van der Waals surface area contributed by atoms with Gasteiger partial charge in [0.05, 0.1) is 21.9 Å². The highest BCUT2D eigenvalue weighted by atomic mass is 16.3. The summed E-state index contributed by atoms with van der Waals surface area (Å²) < 4.78 is 148. The second kappa shape index (κ2) is 13.3. The van der Waals surface area contributed by atoms with Gasteiger partial charge in [-0.15, -0.1) is 0 Å². The number of benzene rings is 8. The van der Waals surface area contributed by atoms with Crippen LogP contribution in [0.4, 0.5) is 17.1 Å². The van der Waals surface area contributed by atoms with Gasteiger partial charge < -0.3 is 9.32 Å². The van der Waals surface area contributed by atoms with Gasteiger partial charge in [0.1, 0.15) is 11.2 Å². The molecule has 0 fully saturated rings. The first-order chi connectivity index (χ1) is 33.4. The molecule has 10 aromatic rings. The molecule has 8 aromatic carbocycles. The molecule has 0 amide bonds. The molecule has 0 bridgehead atoms. The van der Waals surface area contributed by atoms with Gasteiger partial charge >= 0.3 is 0 Å². The largest absolute Gasteiger partial charge is 0.456 e. The topological polar surface area (TPSA) is 55.1 Å². The van der Waals surface area contributed by atoms with E-state index >= 15 is 0 Å². The second-order valence-electron chi connectivity index (χ2n) is 12.1. The molecule has 0 aliphatic heterocycles. The van der Waals surface area contributed by atoms with Crippen molar-refractivity contribution in [3.05, 3.63) is 194 Å². The van der Waals surface area contributed by atoms with Gasteiger partial charge in [0.2, 0.25) is 0 Å². The van der Waals surface area contributed by atoms with Crippen LogP contribution in [0.25, 0.3) is 78.0 Å². The van der Waals surface area contributed by atoms with Crippen molar-refractivity contribution in [1.29, 1.82) is 0 Å². The molecule has 0 spiro atoms. The Morgan fingerprint density at radius 2 is 0.926 bits per heavy atom. The van der Waals surface area contributed by atoms with Crippen LogP contribution in [-0.4, -0.2) is 15.0 Å². The maximum Gasteiger partial charge on any atom is 0.164 e. The highest BCUT2D eigenvalue weighted by Crippen LogP contribution is 2.38. The molecular weight excluding hydrogens is 661 g/mol. The van der Waals surface area contributed by atoms with Crippen molar-refractivity contribution in [3.63, 3.8) is 0 Å². The van der Waals surface area contributed by atoms with Crippen LogP contribution in [-0.2, 0) is 0 Å². The van der Waals surface area contributed by atoms with Crippen LogP contribution in [0, 0.1) is 0 Å². The number of anilines is 3. The van der Waals surface area contributed by atoms with Crippen molar-refractivity contribution in [2.75, 3.05) is 4.90 Å². The highest BCUT2D eigenvalue weighted by molar-refractivity contribution is 6.07. The molecule has 254 valence electrons.